The van der Waals surface area contributed by atoms with E-state index in [9.17, 15) is 14.7 Å². The number of aliphatic carboxylic acids is 1. The van der Waals surface area contributed by atoms with Gasteiger partial charge in [0.05, 0.1) is 13.5 Å². The third-order valence-corrected chi connectivity index (χ3v) is 4.35. The molecule has 0 spiro atoms. The first-order valence-electron chi connectivity index (χ1n) is 8.05. The van der Waals surface area contributed by atoms with E-state index in [1.807, 2.05) is 39.0 Å². The van der Waals surface area contributed by atoms with Crippen LogP contribution in [0.25, 0.3) is 0 Å². The van der Waals surface area contributed by atoms with Gasteiger partial charge in [0.15, 0.2) is 6.04 Å². The summed E-state index contributed by atoms with van der Waals surface area (Å²) in [7, 11) is 1.58. The fourth-order valence-electron chi connectivity index (χ4n) is 2.73. The Kier molecular flexibility index (Phi) is 5.80. The summed E-state index contributed by atoms with van der Waals surface area (Å²) in [6.45, 7) is 5.69. The van der Waals surface area contributed by atoms with Crippen molar-refractivity contribution in [2.75, 3.05) is 7.11 Å². The van der Waals surface area contributed by atoms with E-state index in [0.29, 0.717) is 11.3 Å². The van der Waals surface area contributed by atoms with Crippen LogP contribution in [-0.4, -0.2) is 24.1 Å². The second-order valence-electron chi connectivity index (χ2n) is 6.11. The quantitative estimate of drug-likeness (QED) is 0.846. The molecule has 0 aromatic heterocycles. The van der Waals surface area contributed by atoms with Crippen molar-refractivity contribution in [3.05, 3.63) is 64.2 Å². The van der Waals surface area contributed by atoms with E-state index in [0.717, 1.165) is 22.3 Å². The predicted octanol–water partition coefficient (Wildman–Crippen LogP) is 3.11. The number of carboxylic acids is 1. The third kappa shape index (κ3) is 4.38. The lowest BCUT2D eigenvalue weighted by Crippen LogP contribution is -2.35. The first-order chi connectivity index (χ1) is 11.8. The number of aryl methyl sites for hydroxylation is 2. The van der Waals surface area contributed by atoms with E-state index in [4.69, 9.17) is 4.74 Å². The molecule has 2 aromatic rings. The Bertz CT molecular complexity index is 798. The van der Waals surface area contributed by atoms with Gasteiger partial charge in [-0.1, -0.05) is 30.3 Å². The minimum Gasteiger partial charge on any atom is -0.496 e. The molecule has 0 aliphatic heterocycles. The van der Waals surface area contributed by atoms with Gasteiger partial charge in [0.1, 0.15) is 5.75 Å². The molecule has 2 rings (SSSR count). The Labute approximate surface area is 147 Å². The molecule has 0 aliphatic carbocycles. The molecule has 2 N–H and O–H groups in total. The molecule has 1 atom stereocenters. The highest BCUT2D eigenvalue weighted by Gasteiger charge is 2.24. The van der Waals surface area contributed by atoms with Gasteiger partial charge in [-0.3, -0.25) is 4.79 Å². The maximum absolute atomic E-state index is 12.4. The summed E-state index contributed by atoms with van der Waals surface area (Å²) < 4.78 is 5.26. The fourth-order valence-corrected chi connectivity index (χ4v) is 2.73. The van der Waals surface area contributed by atoms with Crippen LogP contribution in [0.3, 0.4) is 0 Å². The molecule has 1 unspecified atom stereocenters. The van der Waals surface area contributed by atoms with Gasteiger partial charge in [-0.05, 0) is 54.7 Å². The van der Waals surface area contributed by atoms with E-state index in [-0.39, 0.29) is 12.3 Å². The minimum absolute atomic E-state index is 0.0886. The molecule has 0 saturated carbocycles. The van der Waals surface area contributed by atoms with Crippen molar-refractivity contribution in [1.82, 2.24) is 5.32 Å². The summed E-state index contributed by atoms with van der Waals surface area (Å²) in [4.78, 5) is 24.0. The topological polar surface area (TPSA) is 75.6 Å². The zero-order valence-corrected chi connectivity index (χ0v) is 14.9. The van der Waals surface area contributed by atoms with Crippen molar-refractivity contribution in [1.29, 1.82) is 0 Å². The maximum atomic E-state index is 12.4. The number of nitrogens with one attached hydrogen (secondary N) is 1. The van der Waals surface area contributed by atoms with Crippen LogP contribution in [0.1, 0.15) is 33.9 Å². The van der Waals surface area contributed by atoms with E-state index in [2.05, 4.69) is 5.32 Å². The molecule has 25 heavy (non-hydrogen) atoms. The van der Waals surface area contributed by atoms with Crippen LogP contribution in [0.15, 0.2) is 36.4 Å². The minimum atomic E-state index is -1.08. The van der Waals surface area contributed by atoms with Gasteiger partial charge in [-0.2, -0.15) is 0 Å². The highest BCUT2D eigenvalue weighted by molar-refractivity contribution is 5.86. The molecule has 5 heteroatoms. The van der Waals surface area contributed by atoms with Crippen LogP contribution in [0.4, 0.5) is 0 Å². The van der Waals surface area contributed by atoms with E-state index < -0.39 is 12.0 Å². The number of carbonyl (C=O) groups excluding carboxylic acids is 1. The Morgan fingerprint density at radius 1 is 1.12 bits per heavy atom. The summed E-state index contributed by atoms with van der Waals surface area (Å²) in [5.74, 6) is -0.725. The number of ether oxygens (including phenoxy) is 1. The maximum Gasteiger partial charge on any atom is 0.330 e. The van der Waals surface area contributed by atoms with Crippen LogP contribution in [-0.2, 0) is 16.0 Å². The summed E-state index contributed by atoms with van der Waals surface area (Å²) in [6.07, 6.45) is 0.0886. The molecule has 0 heterocycles. The predicted molar refractivity (Wildman–Crippen MR) is 95.9 cm³/mol. The largest absolute Gasteiger partial charge is 0.496 e. The first kappa shape index (κ1) is 18.5. The van der Waals surface area contributed by atoms with Gasteiger partial charge in [0, 0.05) is 0 Å². The van der Waals surface area contributed by atoms with E-state index in [1.54, 1.807) is 25.3 Å². The SMILES string of the molecule is COc1cc(CC(=O)NC(C(=O)O)c2cccc(C)c2C)ccc1C. The highest BCUT2D eigenvalue weighted by Crippen LogP contribution is 2.22. The standard InChI is InChI=1S/C20H23NO4/c1-12-6-5-7-16(14(12)3)19(20(23)24)21-18(22)11-15-9-8-13(2)17(10-15)25-4/h5-10,19H,11H2,1-4H3,(H,21,22)(H,23,24). The Balaban J connectivity index is 2.18. The van der Waals surface area contributed by atoms with Gasteiger partial charge in [-0.25, -0.2) is 4.79 Å². The molecule has 2 aromatic carbocycles. The second-order valence-corrected chi connectivity index (χ2v) is 6.11. The Morgan fingerprint density at radius 2 is 1.84 bits per heavy atom. The molecule has 132 valence electrons. The van der Waals surface area contributed by atoms with Gasteiger partial charge < -0.3 is 15.2 Å². The Hall–Kier alpha value is -2.82. The number of benzene rings is 2. The van der Waals surface area contributed by atoms with Crippen molar-refractivity contribution >= 4 is 11.9 Å². The van der Waals surface area contributed by atoms with Crippen LogP contribution in [0.5, 0.6) is 5.75 Å². The molecule has 5 nitrogen and oxygen atoms in total. The zero-order valence-electron chi connectivity index (χ0n) is 14.9. The van der Waals surface area contributed by atoms with Crippen LogP contribution < -0.4 is 10.1 Å². The molecule has 0 saturated heterocycles. The molecular weight excluding hydrogens is 318 g/mol. The van der Waals surface area contributed by atoms with Crippen LogP contribution in [0, 0.1) is 20.8 Å². The van der Waals surface area contributed by atoms with Gasteiger partial charge >= 0.3 is 5.97 Å². The number of hydrogen-bond donors (Lipinski definition) is 2. The third-order valence-electron chi connectivity index (χ3n) is 4.35. The smallest absolute Gasteiger partial charge is 0.330 e. The second kappa shape index (κ2) is 7.83. The molecule has 0 radical (unpaired) electrons. The van der Waals surface area contributed by atoms with Crippen LogP contribution >= 0.6 is 0 Å². The number of rotatable bonds is 6. The number of carboxylic acid groups (broad SMARTS) is 1. The van der Waals surface area contributed by atoms with Crippen molar-refractivity contribution in [2.24, 2.45) is 0 Å². The molecular formula is C20H23NO4. The van der Waals surface area contributed by atoms with Crippen molar-refractivity contribution in [2.45, 2.75) is 33.2 Å². The average Bonchev–Trinajstić information content (AvgIpc) is 2.57. The number of amides is 1. The number of carbonyl (C=O) groups is 2. The van der Waals surface area contributed by atoms with Crippen molar-refractivity contribution < 1.29 is 19.4 Å². The average molecular weight is 341 g/mol. The normalized spacial score (nSPS) is 11.7. The van der Waals surface area contributed by atoms with Crippen LogP contribution in [0.2, 0.25) is 0 Å². The summed E-state index contributed by atoms with van der Waals surface area (Å²) in [5.41, 5.74) is 4.20. The zero-order chi connectivity index (χ0) is 18.6. The number of hydrogen-bond acceptors (Lipinski definition) is 3. The highest BCUT2D eigenvalue weighted by atomic mass is 16.5. The van der Waals surface area contributed by atoms with Gasteiger partial charge in [0.2, 0.25) is 5.91 Å². The van der Waals surface area contributed by atoms with Gasteiger partial charge in [0.25, 0.3) is 0 Å². The lowest BCUT2D eigenvalue weighted by Gasteiger charge is -2.18. The van der Waals surface area contributed by atoms with E-state index >= 15 is 0 Å². The number of methoxy groups -OCH3 is 1. The molecule has 0 aliphatic rings. The molecule has 0 bridgehead atoms. The van der Waals surface area contributed by atoms with Crippen molar-refractivity contribution in [3.8, 4) is 5.75 Å². The lowest BCUT2D eigenvalue weighted by molar-refractivity contribution is -0.142. The monoisotopic (exact) mass is 341 g/mol. The summed E-state index contributed by atoms with van der Waals surface area (Å²) in [6, 6.07) is 9.88. The van der Waals surface area contributed by atoms with E-state index in [1.165, 1.54) is 0 Å². The van der Waals surface area contributed by atoms with Gasteiger partial charge in [-0.15, -0.1) is 0 Å². The Morgan fingerprint density at radius 3 is 2.48 bits per heavy atom. The lowest BCUT2D eigenvalue weighted by atomic mass is 9.97. The summed E-state index contributed by atoms with van der Waals surface area (Å²) in [5, 5.41) is 12.2. The summed E-state index contributed by atoms with van der Waals surface area (Å²) >= 11 is 0. The first-order valence-corrected chi connectivity index (χ1v) is 8.05. The fraction of sp³-hybridized carbons (Fsp3) is 0.300. The molecule has 1 amide bonds. The molecule has 0 fully saturated rings. The van der Waals surface area contributed by atoms with Crippen molar-refractivity contribution in [3.63, 3.8) is 0 Å².